The van der Waals surface area contributed by atoms with E-state index in [1.165, 1.54) is 31.4 Å². The minimum atomic E-state index is -0.347. The molecule has 1 aromatic rings. The summed E-state index contributed by atoms with van der Waals surface area (Å²) >= 11 is 0. The van der Waals surface area contributed by atoms with Gasteiger partial charge < -0.3 is 10.2 Å². The molecule has 0 aromatic heterocycles. The molecular formula is C19H25FN2O2. The molecule has 4 nitrogen and oxygen atoms in total. The van der Waals surface area contributed by atoms with Crippen molar-refractivity contribution in [3.05, 3.63) is 35.6 Å². The topological polar surface area (TPSA) is 49.4 Å². The van der Waals surface area contributed by atoms with Crippen molar-refractivity contribution >= 4 is 11.8 Å². The first-order chi connectivity index (χ1) is 11.6. The minimum Gasteiger partial charge on any atom is -0.352 e. The molecule has 1 aliphatic carbocycles. The minimum absolute atomic E-state index is 0.00754. The van der Waals surface area contributed by atoms with Gasteiger partial charge in [0.15, 0.2) is 0 Å². The first kappa shape index (κ1) is 16.9. The van der Waals surface area contributed by atoms with Gasteiger partial charge in [0.05, 0.1) is 6.42 Å². The number of carbonyl (C=O) groups excluding carboxylic acids is 2. The van der Waals surface area contributed by atoms with E-state index in [1.54, 1.807) is 17.0 Å². The summed E-state index contributed by atoms with van der Waals surface area (Å²) in [5.41, 5.74) is 0.778. The van der Waals surface area contributed by atoms with Crippen molar-refractivity contribution in [3.8, 4) is 0 Å². The zero-order valence-corrected chi connectivity index (χ0v) is 14.0. The van der Waals surface area contributed by atoms with Gasteiger partial charge in [0.2, 0.25) is 11.8 Å². The fourth-order valence-electron chi connectivity index (χ4n) is 3.76. The van der Waals surface area contributed by atoms with Gasteiger partial charge >= 0.3 is 0 Å². The number of carbonyl (C=O) groups is 2. The first-order valence-electron chi connectivity index (χ1n) is 8.98. The molecule has 2 fully saturated rings. The standard InChI is InChI=1S/C19H25FN2O2/c20-15-10-8-14(9-11-15)13-18(23)22-12-4-7-17(22)19(24)21-16-5-2-1-3-6-16/h8-11,16-17H,1-7,12-13H2,(H,21,24)/t17-/m1/s1. The van der Waals surface area contributed by atoms with Crippen molar-refractivity contribution in [3.63, 3.8) is 0 Å². The van der Waals surface area contributed by atoms with Crippen LogP contribution in [0.3, 0.4) is 0 Å². The summed E-state index contributed by atoms with van der Waals surface area (Å²) in [6, 6.07) is 5.89. The number of hydrogen-bond acceptors (Lipinski definition) is 2. The molecule has 0 spiro atoms. The van der Waals surface area contributed by atoms with Crippen LogP contribution in [0.4, 0.5) is 4.39 Å². The number of rotatable bonds is 4. The largest absolute Gasteiger partial charge is 0.352 e. The highest BCUT2D eigenvalue weighted by molar-refractivity contribution is 5.89. The maximum Gasteiger partial charge on any atom is 0.243 e. The molecule has 1 N–H and O–H groups in total. The second-order valence-electron chi connectivity index (χ2n) is 6.89. The summed E-state index contributed by atoms with van der Waals surface area (Å²) in [7, 11) is 0. The van der Waals surface area contributed by atoms with Gasteiger partial charge in [-0.3, -0.25) is 9.59 Å². The van der Waals surface area contributed by atoms with Crippen LogP contribution in [0.25, 0.3) is 0 Å². The maximum atomic E-state index is 13.0. The third kappa shape index (κ3) is 4.13. The molecule has 5 heteroatoms. The Morgan fingerprint density at radius 2 is 1.75 bits per heavy atom. The number of benzene rings is 1. The van der Waals surface area contributed by atoms with Crippen molar-refractivity contribution in [1.82, 2.24) is 10.2 Å². The highest BCUT2D eigenvalue weighted by Gasteiger charge is 2.34. The fourth-order valence-corrected chi connectivity index (χ4v) is 3.76. The van der Waals surface area contributed by atoms with Gasteiger partial charge in [-0.25, -0.2) is 4.39 Å². The lowest BCUT2D eigenvalue weighted by atomic mass is 9.95. The Kier molecular flexibility index (Phi) is 5.48. The second-order valence-corrected chi connectivity index (χ2v) is 6.89. The number of nitrogens with zero attached hydrogens (tertiary/aromatic N) is 1. The van der Waals surface area contributed by atoms with E-state index in [0.717, 1.165) is 31.2 Å². The fraction of sp³-hybridized carbons (Fsp3) is 0.579. The third-order valence-electron chi connectivity index (χ3n) is 5.10. The Bertz CT molecular complexity index is 582. The molecule has 1 heterocycles. The monoisotopic (exact) mass is 332 g/mol. The molecule has 0 unspecified atom stereocenters. The van der Waals surface area contributed by atoms with Crippen LogP contribution >= 0.6 is 0 Å². The van der Waals surface area contributed by atoms with Crippen LogP contribution < -0.4 is 5.32 Å². The van der Waals surface area contributed by atoms with E-state index in [-0.39, 0.29) is 36.1 Å². The van der Waals surface area contributed by atoms with Crippen molar-refractivity contribution in [1.29, 1.82) is 0 Å². The number of likely N-dealkylation sites (tertiary alicyclic amines) is 1. The average molecular weight is 332 g/mol. The maximum absolute atomic E-state index is 13.0. The summed E-state index contributed by atoms with van der Waals surface area (Å²) in [4.78, 5) is 26.8. The predicted octanol–water partition coefficient (Wildman–Crippen LogP) is 2.81. The van der Waals surface area contributed by atoms with Crippen molar-refractivity contribution in [2.24, 2.45) is 0 Å². The van der Waals surface area contributed by atoms with Crippen LogP contribution in [0.5, 0.6) is 0 Å². The highest BCUT2D eigenvalue weighted by Crippen LogP contribution is 2.22. The van der Waals surface area contributed by atoms with Gasteiger partial charge in [0, 0.05) is 12.6 Å². The Labute approximate surface area is 142 Å². The Balaban J connectivity index is 1.58. The van der Waals surface area contributed by atoms with Gasteiger partial charge in [0.25, 0.3) is 0 Å². The Hall–Kier alpha value is -1.91. The molecule has 130 valence electrons. The predicted molar refractivity (Wildman–Crippen MR) is 89.9 cm³/mol. The van der Waals surface area contributed by atoms with E-state index >= 15 is 0 Å². The zero-order chi connectivity index (χ0) is 16.9. The molecule has 1 aliphatic heterocycles. The molecule has 2 aliphatic rings. The van der Waals surface area contributed by atoms with Gasteiger partial charge in [0.1, 0.15) is 11.9 Å². The van der Waals surface area contributed by atoms with E-state index in [4.69, 9.17) is 0 Å². The lowest BCUT2D eigenvalue weighted by Gasteiger charge is -2.28. The van der Waals surface area contributed by atoms with Crippen LogP contribution in [-0.4, -0.2) is 35.3 Å². The molecule has 3 rings (SSSR count). The molecular weight excluding hydrogens is 307 g/mol. The van der Waals surface area contributed by atoms with E-state index in [0.29, 0.717) is 6.54 Å². The SMILES string of the molecule is O=C(NC1CCCCC1)[C@H]1CCCN1C(=O)Cc1ccc(F)cc1. The Morgan fingerprint density at radius 1 is 1.04 bits per heavy atom. The average Bonchev–Trinajstić information content (AvgIpc) is 3.08. The van der Waals surface area contributed by atoms with E-state index in [2.05, 4.69) is 5.32 Å². The smallest absolute Gasteiger partial charge is 0.243 e. The second kappa shape index (κ2) is 7.77. The summed E-state index contributed by atoms with van der Waals surface area (Å²) in [6.45, 7) is 0.628. The van der Waals surface area contributed by atoms with Crippen molar-refractivity contribution in [2.45, 2.75) is 63.5 Å². The zero-order valence-electron chi connectivity index (χ0n) is 14.0. The van der Waals surface area contributed by atoms with E-state index in [9.17, 15) is 14.0 Å². The summed E-state index contributed by atoms with van der Waals surface area (Å²) < 4.78 is 13.0. The van der Waals surface area contributed by atoms with Crippen LogP contribution in [-0.2, 0) is 16.0 Å². The van der Waals surface area contributed by atoms with Crippen molar-refractivity contribution < 1.29 is 14.0 Å². The molecule has 0 bridgehead atoms. The van der Waals surface area contributed by atoms with Gasteiger partial charge in [-0.15, -0.1) is 0 Å². The summed E-state index contributed by atoms with van der Waals surface area (Å²) in [5, 5.41) is 3.13. The molecule has 2 amide bonds. The van der Waals surface area contributed by atoms with Crippen molar-refractivity contribution in [2.75, 3.05) is 6.54 Å². The van der Waals surface area contributed by atoms with E-state index < -0.39 is 0 Å². The number of amides is 2. The first-order valence-corrected chi connectivity index (χ1v) is 8.98. The molecule has 1 saturated heterocycles. The van der Waals surface area contributed by atoms with Crippen LogP contribution in [0.1, 0.15) is 50.5 Å². The number of nitrogens with one attached hydrogen (secondary N) is 1. The lowest BCUT2D eigenvalue weighted by molar-refractivity contribution is -0.138. The molecule has 1 aromatic carbocycles. The normalized spacial score (nSPS) is 21.7. The number of hydrogen-bond donors (Lipinski definition) is 1. The molecule has 1 atom stereocenters. The van der Waals surface area contributed by atoms with Crippen LogP contribution in [0, 0.1) is 5.82 Å². The molecule has 0 radical (unpaired) electrons. The quantitative estimate of drug-likeness (QED) is 0.922. The third-order valence-corrected chi connectivity index (χ3v) is 5.10. The Morgan fingerprint density at radius 3 is 2.46 bits per heavy atom. The van der Waals surface area contributed by atoms with E-state index in [1.807, 2.05) is 0 Å². The van der Waals surface area contributed by atoms with Gasteiger partial charge in [-0.1, -0.05) is 31.4 Å². The lowest BCUT2D eigenvalue weighted by Crippen LogP contribution is -2.49. The summed E-state index contributed by atoms with van der Waals surface area (Å²) in [6.07, 6.45) is 7.48. The van der Waals surface area contributed by atoms with Gasteiger partial charge in [-0.05, 0) is 43.4 Å². The highest BCUT2D eigenvalue weighted by atomic mass is 19.1. The van der Waals surface area contributed by atoms with Gasteiger partial charge in [-0.2, -0.15) is 0 Å². The molecule has 24 heavy (non-hydrogen) atoms. The van der Waals surface area contributed by atoms with Crippen LogP contribution in [0.2, 0.25) is 0 Å². The molecule has 1 saturated carbocycles. The van der Waals surface area contributed by atoms with Crippen LogP contribution in [0.15, 0.2) is 24.3 Å². The number of halogens is 1. The summed E-state index contributed by atoms with van der Waals surface area (Å²) in [5.74, 6) is -0.369.